The topological polar surface area (TPSA) is 59.8 Å². The van der Waals surface area contributed by atoms with Crippen molar-refractivity contribution in [3.05, 3.63) is 17.5 Å². The number of hydroxylamine groups is 2. The summed E-state index contributed by atoms with van der Waals surface area (Å²) in [5.41, 5.74) is 2.28. The maximum Gasteiger partial charge on any atom is 0.253 e. The van der Waals surface area contributed by atoms with E-state index in [-0.39, 0.29) is 17.9 Å². The molecule has 3 saturated heterocycles. The van der Waals surface area contributed by atoms with E-state index in [2.05, 4.69) is 16.2 Å². The minimum atomic E-state index is -0.118. The van der Waals surface area contributed by atoms with E-state index < -0.39 is 0 Å². The van der Waals surface area contributed by atoms with Gasteiger partial charge in [-0.15, -0.1) is 0 Å². The molecule has 1 amide bonds. The van der Waals surface area contributed by atoms with Gasteiger partial charge in [-0.2, -0.15) is 5.10 Å². The molecule has 1 aromatic heterocycles. The average molecular weight is 334 g/mol. The highest BCUT2D eigenvalue weighted by Crippen LogP contribution is 2.36. The van der Waals surface area contributed by atoms with Gasteiger partial charge in [0, 0.05) is 51.1 Å². The van der Waals surface area contributed by atoms with Gasteiger partial charge in [0.2, 0.25) is 0 Å². The Morgan fingerprint density at radius 1 is 1.38 bits per heavy atom. The van der Waals surface area contributed by atoms with Crippen LogP contribution in [0.4, 0.5) is 0 Å². The van der Waals surface area contributed by atoms with Gasteiger partial charge in [0.1, 0.15) is 0 Å². The molecule has 0 radical (unpaired) electrons. The Bertz CT molecular complexity index is 611. The summed E-state index contributed by atoms with van der Waals surface area (Å²) in [7, 11) is 1.95. The summed E-state index contributed by atoms with van der Waals surface area (Å²) in [6.07, 6.45) is 5.12. The molecule has 24 heavy (non-hydrogen) atoms. The molecule has 3 aliphatic heterocycles. The number of hydrogen-bond acceptors (Lipinski definition) is 5. The first kappa shape index (κ1) is 16.1. The van der Waals surface area contributed by atoms with E-state index in [1.54, 1.807) is 5.06 Å². The van der Waals surface area contributed by atoms with Crippen molar-refractivity contribution in [2.45, 2.75) is 44.9 Å². The minimum Gasteiger partial charge on any atom is -0.376 e. The van der Waals surface area contributed by atoms with E-state index in [0.717, 1.165) is 44.7 Å². The first-order chi connectivity index (χ1) is 11.6. The lowest BCUT2D eigenvalue weighted by atomic mass is 10.0. The molecule has 3 aliphatic rings. The minimum absolute atomic E-state index is 0.00000378. The molecule has 4 rings (SSSR count). The first-order valence-electron chi connectivity index (χ1n) is 8.92. The number of ether oxygens (including phenoxy) is 1. The second-order valence-electron chi connectivity index (χ2n) is 7.12. The third kappa shape index (κ3) is 2.85. The summed E-state index contributed by atoms with van der Waals surface area (Å²) in [5.74, 6) is -0.0235. The summed E-state index contributed by atoms with van der Waals surface area (Å²) in [6, 6.07) is 0.323. The number of aryl methyl sites for hydroxylation is 2. The molecule has 3 atom stereocenters. The zero-order chi connectivity index (χ0) is 16.7. The van der Waals surface area contributed by atoms with Crippen molar-refractivity contribution in [2.24, 2.45) is 13.0 Å². The van der Waals surface area contributed by atoms with Gasteiger partial charge in [-0.25, -0.2) is 5.06 Å². The monoisotopic (exact) mass is 334 g/mol. The Morgan fingerprint density at radius 2 is 2.25 bits per heavy atom. The highest BCUT2D eigenvalue weighted by Gasteiger charge is 2.50. The van der Waals surface area contributed by atoms with Crippen LogP contribution in [0.5, 0.6) is 0 Å². The van der Waals surface area contributed by atoms with Crippen LogP contribution in [-0.4, -0.2) is 64.1 Å². The molecule has 0 spiro atoms. The molecule has 7 nitrogen and oxygen atoms in total. The molecule has 0 aliphatic carbocycles. The van der Waals surface area contributed by atoms with Crippen LogP contribution in [0.2, 0.25) is 0 Å². The summed E-state index contributed by atoms with van der Waals surface area (Å²) >= 11 is 0. The van der Waals surface area contributed by atoms with Crippen molar-refractivity contribution in [1.29, 1.82) is 0 Å². The van der Waals surface area contributed by atoms with Gasteiger partial charge < -0.3 is 4.74 Å². The van der Waals surface area contributed by atoms with Gasteiger partial charge in [-0.1, -0.05) is 0 Å². The third-order valence-corrected chi connectivity index (χ3v) is 5.45. The molecule has 3 fully saturated rings. The molecule has 132 valence electrons. The third-order valence-electron chi connectivity index (χ3n) is 5.45. The summed E-state index contributed by atoms with van der Waals surface area (Å²) in [5, 5.41) is 6.00. The van der Waals surface area contributed by atoms with Crippen molar-refractivity contribution in [3.8, 4) is 0 Å². The molecule has 4 heterocycles. The molecule has 0 bridgehead atoms. The van der Waals surface area contributed by atoms with Crippen molar-refractivity contribution in [2.75, 3.05) is 26.3 Å². The number of aromatic nitrogens is 2. The predicted molar refractivity (Wildman–Crippen MR) is 86.9 cm³/mol. The van der Waals surface area contributed by atoms with Crippen LogP contribution >= 0.6 is 0 Å². The maximum atomic E-state index is 12.9. The Labute approximate surface area is 142 Å². The molecule has 7 heteroatoms. The fourth-order valence-electron chi connectivity index (χ4n) is 4.25. The lowest BCUT2D eigenvalue weighted by Gasteiger charge is -2.29. The lowest BCUT2D eigenvalue weighted by molar-refractivity contribution is -0.203. The quantitative estimate of drug-likeness (QED) is 0.821. The zero-order valence-electron chi connectivity index (χ0n) is 14.5. The standard InChI is InChI=1S/C17H26N4O3/c1-12-13(9-19(2)18-12)10-20-11-14(16-15(20)5-8-23-16)17(22)21-6-3-4-7-24-21/h9,14-16H,3-8,10-11H2,1-2H3/t14-,15+,16+/m0/s1. The number of fused-ring (bicyclic) bond motifs is 1. The van der Waals surface area contributed by atoms with Crippen molar-refractivity contribution >= 4 is 5.91 Å². The van der Waals surface area contributed by atoms with Crippen LogP contribution in [-0.2, 0) is 28.0 Å². The maximum absolute atomic E-state index is 12.9. The van der Waals surface area contributed by atoms with Crippen molar-refractivity contribution in [1.82, 2.24) is 19.7 Å². The summed E-state index contributed by atoms with van der Waals surface area (Å²) in [6.45, 7) is 5.69. The Kier molecular flexibility index (Phi) is 4.32. The van der Waals surface area contributed by atoms with Crippen LogP contribution in [0.1, 0.15) is 30.5 Å². The molecule has 1 aromatic rings. The first-order valence-corrected chi connectivity index (χ1v) is 8.92. The lowest BCUT2D eigenvalue weighted by Crippen LogP contribution is -2.43. The van der Waals surface area contributed by atoms with E-state index in [9.17, 15) is 4.79 Å². The van der Waals surface area contributed by atoms with Crippen molar-refractivity contribution in [3.63, 3.8) is 0 Å². The van der Waals surface area contributed by atoms with E-state index in [1.165, 1.54) is 5.56 Å². The van der Waals surface area contributed by atoms with Crippen LogP contribution in [0.3, 0.4) is 0 Å². The number of amides is 1. The predicted octanol–water partition coefficient (Wildman–Crippen LogP) is 0.872. The fraction of sp³-hybridized carbons (Fsp3) is 0.765. The number of carbonyl (C=O) groups is 1. The van der Waals surface area contributed by atoms with Crippen LogP contribution in [0, 0.1) is 12.8 Å². The zero-order valence-corrected chi connectivity index (χ0v) is 14.5. The second kappa shape index (κ2) is 6.46. The second-order valence-corrected chi connectivity index (χ2v) is 7.12. The van der Waals surface area contributed by atoms with Gasteiger partial charge in [0.15, 0.2) is 0 Å². The number of nitrogens with zero attached hydrogens (tertiary/aromatic N) is 4. The van der Waals surface area contributed by atoms with Gasteiger partial charge in [0.25, 0.3) is 5.91 Å². The highest BCUT2D eigenvalue weighted by atomic mass is 16.7. The van der Waals surface area contributed by atoms with Crippen LogP contribution in [0.15, 0.2) is 6.20 Å². The van der Waals surface area contributed by atoms with Crippen LogP contribution in [0.25, 0.3) is 0 Å². The smallest absolute Gasteiger partial charge is 0.253 e. The Balaban J connectivity index is 1.49. The summed E-state index contributed by atoms with van der Waals surface area (Å²) in [4.78, 5) is 20.9. The Hall–Kier alpha value is -1.44. The Morgan fingerprint density at radius 3 is 2.96 bits per heavy atom. The number of likely N-dealkylation sites (tertiary alicyclic amines) is 1. The molecule has 0 aromatic carbocycles. The van der Waals surface area contributed by atoms with Gasteiger partial charge >= 0.3 is 0 Å². The van der Waals surface area contributed by atoms with Gasteiger partial charge in [0.05, 0.1) is 24.3 Å². The molecule has 0 unspecified atom stereocenters. The average Bonchev–Trinajstić information content (AvgIpc) is 3.25. The van der Waals surface area contributed by atoms with Gasteiger partial charge in [-0.3, -0.25) is 19.2 Å². The van der Waals surface area contributed by atoms with E-state index in [1.807, 2.05) is 18.7 Å². The van der Waals surface area contributed by atoms with E-state index in [4.69, 9.17) is 9.57 Å². The largest absolute Gasteiger partial charge is 0.376 e. The fourth-order valence-corrected chi connectivity index (χ4v) is 4.25. The number of carbonyl (C=O) groups excluding carboxylic acids is 1. The molecular formula is C17H26N4O3. The van der Waals surface area contributed by atoms with Crippen molar-refractivity contribution < 1.29 is 14.4 Å². The molecule has 0 N–H and O–H groups in total. The molecule has 0 saturated carbocycles. The van der Waals surface area contributed by atoms with Crippen LogP contribution < -0.4 is 0 Å². The molecular weight excluding hydrogens is 308 g/mol. The van der Waals surface area contributed by atoms with E-state index in [0.29, 0.717) is 19.2 Å². The summed E-state index contributed by atoms with van der Waals surface area (Å²) < 4.78 is 7.79. The highest BCUT2D eigenvalue weighted by molar-refractivity contribution is 5.79. The van der Waals surface area contributed by atoms with E-state index >= 15 is 0 Å². The number of rotatable bonds is 3. The number of hydrogen-bond donors (Lipinski definition) is 0. The SMILES string of the molecule is Cc1nn(C)cc1CN1C[C@H](C(=O)N2CCCCO2)[C@H]2OCC[C@H]21. The van der Waals surface area contributed by atoms with Gasteiger partial charge in [-0.05, 0) is 26.2 Å². The normalized spacial score (nSPS) is 30.8.